The molecule has 1 aliphatic rings. The third-order valence-electron chi connectivity index (χ3n) is 5.95. The Morgan fingerprint density at radius 3 is 2.73 bits per heavy atom. The maximum absolute atomic E-state index is 12.7. The van der Waals surface area contributed by atoms with E-state index in [0.717, 1.165) is 72.0 Å². The van der Waals surface area contributed by atoms with Crippen LogP contribution in [-0.2, 0) is 24.2 Å². The Labute approximate surface area is 183 Å². The van der Waals surface area contributed by atoms with Gasteiger partial charge in [0.05, 0.1) is 5.75 Å². The average molecular weight is 429 g/mol. The Morgan fingerprint density at radius 1 is 1.23 bits per heavy atom. The van der Waals surface area contributed by atoms with Crippen LogP contribution in [0.5, 0.6) is 0 Å². The van der Waals surface area contributed by atoms with Crippen LogP contribution in [0.15, 0.2) is 28.0 Å². The van der Waals surface area contributed by atoms with Gasteiger partial charge in [0.1, 0.15) is 5.03 Å². The fourth-order valence-electron chi connectivity index (χ4n) is 3.92. The summed E-state index contributed by atoms with van der Waals surface area (Å²) in [5.41, 5.74) is 5.13. The smallest absolute Gasteiger partial charge is 0.325 e. The molecule has 1 N–H and O–H groups in total. The molecule has 0 spiro atoms. The molecule has 0 bridgehead atoms. The first-order valence-corrected chi connectivity index (χ1v) is 11.8. The lowest BCUT2D eigenvalue weighted by Gasteiger charge is -2.20. The highest BCUT2D eigenvalue weighted by molar-refractivity contribution is 8.00. The number of aromatic nitrogens is 2. The van der Waals surface area contributed by atoms with E-state index < -0.39 is 0 Å². The first-order chi connectivity index (χ1) is 14.4. The molecule has 0 saturated carbocycles. The second-order valence-corrected chi connectivity index (χ2v) is 8.71. The summed E-state index contributed by atoms with van der Waals surface area (Å²) in [6.45, 7) is 11.8. The van der Waals surface area contributed by atoms with E-state index in [-0.39, 0.29) is 17.3 Å². The molecule has 0 saturated heterocycles. The van der Waals surface area contributed by atoms with Crippen molar-refractivity contribution >= 4 is 23.4 Å². The van der Waals surface area contributed by atoms with Crippen LogP contribution >= 0.6 is 11.8 Å². The summed E-state index contributed by atoms with van der Waals surface area (Å²) < 4.78 is 1.85. The summed E-state index contributed by atoms with van der Waals surface area (Å²) in [7, 11) is 0. The van der Waals surface area contributed by atoms with Crippen LogP contribution in [0.2, 0.25) is 0 Å². The van der Waals surface area contributed by atoms with E-state index in [4.69, 9.17) is 0 Å². The Balaban J connectivity index is 1.70. The number of hydrogen-bond donors (Lipinski definition) is 1. The van der Waals surface area contributed by atoms with Crippen molar-refractivity contribution in [2.24, 2.45) is 0 Å². The van der Waals surface area contributed by atoms with E-state index in [1.54, 1.807) is 0 Å². The van der Waals surface area contributed by atoms with Crippen molar-refractivity contribution in [2.45, 2.75) is 58.5 Å². The molecule has 30 heavy (non-hydrogen) atoms. The molecule has 0 aliphatic heterocycles. The number of likely N-dealkylation sites (N-methyl/N-ethyl adjacent to an activating group) is 1. The first kappa shape index (κ1) is 22.6. The summed E-state index contributed by atoms with van der Waals surface area (Å²) in [6.07, 6.45) is 2.87. The molecule has 1 heterocycles. The Hall–Kier alpha value is -2.12. The second kappa shape index (κ2) is 10.3. The van der Waals surface area contributed by atoms with Gasteiger partial charge < -0.3 is 10.2 Å². The lowest BCUT2D eigenvalue weighted by molar-refractivity contribution is -0.113. The van der Waals surface area contributed by atoms with Gasteiger partial charge in [-0.2, -0.15) is 4.98 Å². The van der Waals surface area contributed by atoms with E-state index in [9.17, 15) is 9.59 Å². The maximum atomic E-state index is 12.7. The number of nitrogens with zero attached hydrogens (tertiary/aromatic N) is 3. The van der Waals surface area contributed by atoms with E-state index in [1.807, 2.05) is 36.6 Å². The maximum Gasteiger partial charge on any atom is 0.348 e. The van der Waals surface area contributed by atoms with Crippen molar-refractivity contribution in [3.05, 3.63) is 51.1 Å². The number of carbonyl (C=O) groups is 1. The normalized spacial score (nSPS) is 13.0. The van der Waals surface area contributed by atoms with E-state index in [1.165, 1.54) is 11.8 Å². The zero-order valence-electron chi connectivity index (χ0n) is 18.5. The SMILES string of the molecule is CCN(CC)CCn1c2c(c(SCC(=O)Nc3cccc(C)c3C)nc1=O)CCC2. The highest BCUT2D eigenvalue weighted by atomic mass is 32.2. The molecule has 1 aliphatic carbocycles. The Morgan fingerprint density at radius 2 is 2.00 bits per heavy atom. The van der Waals surface area contributed by atoms with Crippen molar-refractivity contribution in [2.75, 3.05) is 30.7 Å². The summed E-state index contributed by atoms with van der Waals surface area (Å²) >= 11 is 1.37. The van der Waals surface area contributed by atoms with Crippen molar-refractivity contribution in [3.63, 3.8) is 0 Å². The molecule has 3 rings (SSSR count). The molecule has 7 heteroatoms. The Bertz CT molecular complexity index is 966. The molecule has 0 atom stereocenters. The zero-order chi connectivity index (χ0) is 21.7. The summed E-state index contributed by atoms with van der Waals surface area (Å²) in [5, 5.41) is 3.71. The molecule has 1 amide bonds. The molecule has 0 radical (unpaired) electrons. The van der Waals surface area contributed by atoms with Crippen LogP contribution in [0.4, 0.5) is 5.69 Å². The number of aryl methyl sites for hydroxylation is 1. The second-order valence-electron chi connectivity index (χ2n) is 7.74. The molecule has 6 nitrogen and oxygen atoms in total. The first-order valence-electron chi connectivity index (χ1n) is 10.8. The molecule has 1 aromatic carbocycles. The van der Waals surface area contributed by atoms with E-state index in [2.05, 4.69) is 29.0 Å². The lowest BCUT2D eigenvalue weighted by atomic mass is 10.1. The minimum atomic E-state index is -0.194. The Kier molecular flexibility index (Phi) is 7.72. The number of amides is 1. The van der Waals surface area contributed by atoms with Crippen LogP contribution in [0.1, 0.15) is 42.7 Å². The van der Waals surface area contributed by atoms with Crippen molar-refractivity contribution in [1.82, 2.24) is 14.5 Å². The average Bonchev–Trinajstić information content (AvgIpc) is 3.22. The molecule has 1 aromatic heterocycles. The minimum absolute atomic E-state index is 0.0760. The molecule has 0 unspecified atom stereocenters. The van der Waals surface area contributed by atoms with E-state index in [0.29, 0.717) is 6.54 Å². The summed E-state index contributed by atoms with van der Waals surface area (Å²) in [5.74, 6) is 0.170. The van der Waals surface area contributed by atoms with Gasteiger partial charge in [-0.3, -0.25) is 9.36 Å². The van der Waals surface area contributed by atoms with Crippen molar-refractivity contribution < 1.29 is 4.79 Å². The van der Waals surface area contributed by atoms with Gasteiger partial charge in [-0.25, -0.2) is 4.79 Å². The van der Waals surface area contributed by atoms with Gasteiger partial charge in [0.25, 0.3) is 0 Å². The van der Waals surface area contributed by atoms with E-state index >= 15 is 0 Å². The number of carbonyl (C=O) groups excluding carboxylic acids is 1. The number of anilines is 1. The summed E-state index contributed by atoms with van der Waals surface area (Å²) in [4.78, 5) is 31.9. The highest BCUT2D eigenvalue weighted by Crippen LogP contribution is 2.29. The van der Waals surface area contributed by atoms with Gasteiger partial charge in [-0.1, -0.05) is 37.7 Å². The van der Waals surface area contributed by atoms with Gasteiger partial charge in [-0.15, -0.1) is 0 Å². The quantitative estimate of drug-likeness (QED) is 0.490. The number of nitrogens with one attached hydrogen (secondary N) is 1. The van der Waals surface area contributed by atoms with Crippen LogP contribution in [0, 0.1) is 13.8 Å². The number of fused-ring (bicyclic) bond motifs is 1. The molecule has 0 fully saturated rings. The fraction of sp³-hybridized carbons (Fsp3) is 0.522. The van der Waals surface area contributed by atoms with Crippen LogP contribution < -0.4 is 11.0 Å². The van der Waals surface area contributed by atoms with Crippen molar-refractivity contribution in [1.29, 1.82) is 0 Å². The molecular formula is C23H32N4O2S. The fourth-order valence-corrected chi connectivity index (χ4v) is 4.80. The van der Waals surface area contributed by atoms with Gasteiger partial charge in [0.15, 0.2) is 0 Å². The molecule has 2 aromatic rings. The largest absolute Gasteiger partial charge is 0.348 e. The summed E-state index contributed by atoms with van der Waals surface area (Å²) in [6, 6.07) is 5.89. The molecule has 162 valence electrons. The monoisotopic (exact) mass is 428 g/mol. The number of thioether (sulfide) groups is 1. The number of rotatable bonds is 9. The van der Waals surface area contributed by atoms with Gasteiger partial charge in [-0.05, 0) is 63.4 Å². The number of hydrogen-bond acceptors (Lipinski definition) is 5. The van der Waals surface area contributed by atoms with Crippen molar-refractivity contribution in [3.8, 4) is 0 Å². The molecular weight excluding hydrogens is 396 g/mol. The predicted octanol–water partition coefficient (Wildman–Crippen LogP) is 3.42. The van der Waals surface area contributed by atoms with Gasteiger partial charge in [0.2, 0.25) is 5.91 Å². The third kappa shape index (κ3) is 5.13. The predicted molar refractivity (Wildman–Crippen MR) is 124 cm³/mol. The highest BCUT2D eigenvalue weighted by Gasteiger charge is 2.22. The zero-order valence-corrected chi connectivity index (χ0v) is 19.3. The van der Waals surface area contributed by atoms with Crippen LogP contribution in [0.3, 0.4) is 0 Å². The number of benzene rings is 1. The van der Waals surface area contributed by atoms with Gasteiger partial charge >= 0.3 is 5.69 Å². The van der Waals surface area contributed by atoms with Crippen LogP contribution in [0.25, 0.3) is 0 Å². The standard InChI is InChI=1S/C23H32N4O2S/c1-5-26(6-2)13-14-27-20-12-8-10-18(20)22(25-23(27)29)30-15-21(28)24-19-11-7-9-16(3)17(19)4/h7,9,11H,5-6,8,10,12-15H2,1-4H3,(H,24,28). The third-order valence-corrected chi connectivity index (χ3v) is 6.97. The minimum Gasteiger partial charge on any atom is -0.325 e. The topological polar surface area (TPSA) is 67.2 Å². The van der Waals surface area contributed by atoms with Crippen LogP contribution in [-0.4, -0.2) is 45.7 Å². The lowest BCUT2D eigenvalue weighted by Crippen LogP contribution is -2.34. The van der Waals surface area contributed by atoms with Gasteiger partial charge in [0, 0.05) is 30.0 Å².